The maximum atomic E-state index is 12.7. The highest BCUT2D eigenvalue weighted by Crippen LogP contribution is 2.28. The number of amides is 1. The summed E-state index contributed by atoms with van der Waals surface area (Å²) in [6.07, 6.45) is 5.22. The van der Waals surface area contributed by atoms with E-state index >= 15 is 0 Å². The SMILES string of the molecule is COc1ccc(NC(=O)c2cccnc2N2CCCCC2)cc1Cl. The number of hydrogen-bond acceptors (Lipinski definition) is 4. The van der Waals surface area contributed by atoms with E-state index in [0.717, 1.165) is 31.7 Å². The number of rotatable bonds is 4. The molecule has 0 saturated carbocycles. The first kappa shape index (κ1) is 16.6. The lowest BCUT2D eigenvalue weighted by molar-refractivity contribution is 0.102. The number of anilines is 2. The molecule has 0 atom stereocenters. The van der Waals surface area contributed by atoms with Gasteiger partial charge in [-0.25, -0.2) is 4.98 Å². The Bertz CT molecular complexity index is 730. The third kappa shape index (κ3) is 3.62. The number of carbonyl (C=O) groups is 1. The summed E-state index contributed by atoms with van der Waals surface area (Å²) >= 11 is 6.12. The van der Waals surface area contributed by atoms with Crippen LogP contribution in [0.25, 0.3) is 0 Å². The van der Waals surface area contributed by atoms with Crippen LogP contribution in [0.3, 0.4) is 0 Å². The maximum absolute atomic E-state index is 12.7. The van der Waals surface area contributed by atoms with Crippen molar-refractivity contribution in [2.24, 2.45) is 0 Å². The quantitative estimate of drug-likeness (QED) is 0.910. The van der Waals surface area contributed by atoms with Crippen LogP contribution in [0.5, 0.6) is 5.75 Å². The Kier molecular flexibility index (Phi) is 5.20. The standard InChI is InChI=1S/C18H20ClN3O2/c1-24-16-8-7-13(12-15(16)19)21-18(23)14-6-5-9-20-17(14)22-10-3-2-4-11-22/h5-9,12H,2-4,10-11H2,1H3,(H,21,23). The molecule has 1 saturated heterocycles. The van der Waals surface area contributed by atoms with Crippen LogP contribution in [0.4, 0.5) is 11.5 Å². The summed E-state index contributed by atoms with van der Waals surface area (Å²) in [4.78, 5) is 19.3. The van der Waals surface area contributed by atoms with E-state index in [9.17, 15) is 4.79 Å². The van der Waals surface area contributed by atoms with Crippen LogP contribution >= 0.6 is 11.6 Å². The number of pyridine rings is 1. The van der Waals surface area contributed by atoms with Crippen molar-refractivity contribution >= 4 is 29.0 Å². The molecule has 0 radical (unpaired) electrons. The van der Waals surface area contributed by atoms with Crippen LogP contribution in [-0.4, -0.2) is 31.1 Å². The smallest absolute Gasteiger partial charge is 0.259 e. The summed E-state index contributed by atoms with van der Waals surface area (Å²) in [6, 6.07) is 8.75. The number of benzene rings is 1. The minimum absolute atomic E-state index is 0.190. The second-order valence-corrected chi connectivity index (χ2v) is 6.13. The molecule has 1 aromatic carbocycles. The van der Waals surface area contributed by atoms with E-state index in [2.05, 4.69) is 15.2 Å². The van der Waals surface area contributed by atoms with Gasteiger partial charge in [-0.1, -0.05) is 11.6 Å². The predicted molar refractivity (Wildman–Crippen MR) is 96.3 cm³/mol. The Labute approximate surface area is 146 Å². The number of hydrogen-bond donors (Lipinski definition) is 1. The molecule has 0 unspecified atom stereocenters. The van der Waals surface area contributed by atoms with E-state index in [0.29, 0.717) is 22.0 Å². The minimum atomic E-state index is -0.190. The molecule has 1 aliphatic heterocycles. The lowest BCUT2D eigenvalue weighted by atomic mass is 10.1. The van der Waals surface area contributed by atoms with Gasteiger partial charge in [0.1, 0.15) is 11.6 Å². The van der Waals surface area contributed by atoms with Crippen molar-refractivity contribution in [1.82, 2.24) is 4.98 Å². The summed E-state index contributed by atoms with van der Waals surface area (Å²) in [5.74, 6) is 1.13. The normalized spacial score (nSPS) is 14.3. The van der Waals surface area contributed by atoms with Crippen molar-refractivity contribution in [2.45, 2.75) is 19.3 Å². The topological polar surface area (TPSA) is 54.5 Å². The molecule has 126 valence electrons. The van der Waals surface area contributed by atoms with E-state index in [1.165, 1.54) is 6.42 Å². The van der Waals surface area contributed by atoms with Crippen LogP contribution in [-0.2, 0) is 0 Å². The fraction of sp³-hybridized carbons (Fsp3) is 0.333. The van der Waals surface area contributed by atoms with E-state index in [4.69, 9.17) is 16.3 Å². The van der Waals surface area contributed by atoms with E-state index in [-0.39, 0.29) is 5.91 Å². The molecule has 2 heterocycles. The van der Waals surface area contributed by atoms with Gasteiger partial charge in [0, 0.05) is 25.0 Å². The fourth-order valence-electron chi connectivity index (χ4n) is 2.87. The highest BCUT2D eigenvalue weighted by Gasteiger charge is 2.19. The zero-order chi connectivity index (χ0) is 16.9. The van der Waals surface area contributed by atoms with Gasteiger partial charge in [-0.15, -0.1) is 0 Å². The van der Waals surface area contributed by atoms with Gasteiger partial charge in [0.25, 0.3) is 5.91 Å². The van der Waals surface area contributed by atoms with Crippen molar-refractivity contribution in [3.63, 3.8) is 0 Å². The number of ether oxygens (including phenoxy) is 1. The monoisotopic (exact) mass is 345 g/mol. The van der Waals surface area contributed by atoms with Crippen LogP contribution < -0.4 is 15.0 Å². The van der Waals surface area contributed by atoms with Gasteiger partial charge < -0.3 is 15.0 Å². The molecule has 0 bridgehead atoms. The molecule has 1 amide bonds. The fourth-order valence-corrected chi connectivity index (χ4v) is 3.13. The average Bonchev–Trinajstić information content (AvgIpc) is 2.62. The highest BCUT2D eigenvalue weighted by atomic mass is 35.5. The Morgan fingerprint density at radius 1 is 1.25 bits per heavy atom. The molecule has 24 heavy (non-hydrogen) atoms. The zero-order valence-electron chi connectivity index (χ0n) is 13.6. The molecular formula is C18H20ClN3O2. The number of carbonyl (C=O) groups excluding carboxylic acids is 1. The molecular weight excluding hydrogens is 326 g/mol. The number of nitrogens with zero attached hydrogens (tertiary/aromatic N) is 2. The Hall–Kier alpha value is -2.27. The molecule has 0 spiro atoms. The summed E-state index contributed by atoms with van der Waals surface area (Å²) in [6.45, 7) is 1.87. The summed E-state index contributed by atoms with van der Waals surface area (Å²) in [7, 11) is 1.56. The Morgan fingerprint density at radius 3 is 2.75 bits per heavy atom. The van der Waals surface area contributed by atoms with Gasteiger partial charge in [-0.2, -0.15) is 0 Å². The van der Waals surface area contributed by atoms with Gasteiger partial charge in [-0.05, 0) is 49.6 Å². The molecule has 2 aromatic rings. The van der Waals surface area contributed by atoms with Crippen molar-refractivity contribution in [2.75, 3.05) is 30.4 Å². The third-order valence-electron chi connectivity index (χ3n) is 4.10. The maximum Gasteiger partial charge on any atom is 0.259 e. The summed E-state index contributed by atoms with van der Waals surface area (Å²) in [5.41, 5.74) is 1.20. The highest BCUT2D eigenvalue weighted by molar-refractivity contribution is 6.32. The number of methoxy groups -OCH3 is 1. The van der Waals surface area contributed by atoms with Crippen molar-refractivity contribution in [3.05, 3.63) is 47.1 Å². The molecule has 5 nitrogen and oxygen atoms in total. The van der Waals surface area contributed by atoms with Gasteiger partial charge in [-0.3, -0.25) is 4.79 Å². The van der Waals surface area contributed by atoms with Crippen molar-refractivity contribution < 1.29 is 9.53 Å². The number of piperidine rings is 1. The predicted octanol–water partition coefficient (Wildman–Crippen LogP) is 3.99. The first-order valence-corrected chi connectivity index (χ1v) is 8.41. The van der Waals surface area contributed by atoms with E-state index in [1.54, 1.807) is 43.6 Å². The second-order valence-electron chi connectivity index (χ2n) is 5.73. The van der Waals surface area contributed by atoms with Crippen molar-refractivity contribution in [1.29, 1.82) is 0 Å². The van der Waals surface area contributed by atoms with Crippen LogP contribution in [0, 0.1) is 0 Å². The van der Waals surface area contributed by atoms with Crippen LogP contribution in [0.1, 0.15) is 29.6 Å². The third-order valence-corrected chi connectivity index (χ3v) is 4.39. The average molecular weight is 346 g/mol. The van der Waals surface area contributed by atoms with Crippen molar-refractivity contribution in [3.8, 4) is 5.75 Å². The molecule has 6 heteroatoms. The molecule has 0 aliphatic carbocycles. The minimum Gasteiger partial charge on any atom is -0.495 e. The largest absolute Gasteiger partial charge is 0.495 e. The van der Waals surface area contributed by atoms with Crippen LogP contribution in [0.2, 0.25) is 5.02 Å². The number of aromatic nitrogens is 1. The van der Waals surface area contributed by atoms with Gasteiger partial charge in [0.05, 0.1) is 17.7 Å². The molecule has 1 aromatic heterocycles. The summed E-state index contributed by atoms with van der Waals surface area (Å²) in [5, 5.41) is 3.34. The molecule has 3 rings (SSSR count). The molecule has 1 aliphatic rings. The lowest BCUT2D eigenvalue weighted by Crippen LogP contribution is -2.32. The Balaban J connectivity index is 1.81. The Morgan fingerprint density at radius 2 is 2.04 bits per heavy atom. The first-order chi connectivity index (χ1) is 11.7. The van der Waals surface area contributed by atoms with Gasteiger partial charge in [0.2, 0.25) is 0 Å². The second kappa shape index (κ2) is 7.53. The molecule has 1 fully saturated rings. The van der Waals surface area contributed by atoms with Gasteiger partial charge in [0.15, 0.2) is 0 Å². The first-order valence-electron chi connectivity index (χ1n) is 8.04. The number of halogens is 1. The van der Waals surface area contributed by atoms with E-state index < -0.39 is 0 Å². The van der Waals surface area contributed by atoms with E-state index in [1.807, 2.05) is 0 Å². The number of nitrogens with one attached hydrogen (secondary N) is 1. The summed E-state index contributed by atoms with van der Waals surface area (Å²) < 4.78 is 5.13. The van der Waals surface area contributed by atoms with Crippen LogP contribution in [0.15, 0.2) is 36.5 Å². The lowest BCUT2D eigenvalue weighted by Gasteiger charge is -2.29. The van der Waals surface area contributed by atoms with Gasteiger partial charge >= 0.3 is 0 Å². The molecule has 1 N–H and O–H groups in total. The zero-order valence-corrected chi connectivity index (χ0v) is 14.3.